The van der Waals surface area contributed by atoms with Gasteiger partial charge in [-0.25, -0.2) is 8.42 Å². The molecule has 166 valence electrons. The van der Waals surface area contributed by atoms with E-state index in [-0.39, 0.29) is 11.4 Å². The highest BCUT2D eigenvalue weighted by atomic mass is 32.2. The molecule has 4 aromatic carbocycles. The zero-order valence-electron chi connectivity index (χ0n) is 18.1. The van der Waals surface area contributed by atoms with Gasteiger partial charge in [0.25, 0.3) is 10.0 Å². The van der Waals surface area contributed by atoms with Gasteiger partial charge in [-0.2, -0.15) is 0 Å². The van der Waals surface area contributed by atoms with Crippen LogP contribution in [0, 0.1) is 0 Å². The minimum atomic E-state index is -3.77. The van der Waals surface area contributed by atoms with Crippen molar-refractivity contribution >= 4 is 43.8 Å². The van der Waals surface area contributed by atoms with E-state index >= 15 is 0 Å². The highest BCUT2D eigenvalue weighted by molar-refractivity contribution is 7.93. The topological polar surface area (TPSA) is 69.7 Å². The minimum absolute atomic E-state index is 0.245. The summed E-state index contributed by atoms with van der Waals surface area (Å²) < 4.78 is 27.3. The standard InChI is InChI=1S/C26H23N3O3S/c1-28(17-19-7-3-2-4-8-19)22-15-13-21(14-16-22)27-25(30)18-29-23-11-5-9-20-10-6-12-24(26(20)23)33(29,31)32/h2-16H,17-18H2,1H3,(H,27,30). The van der Waals surface area contributed by atoms with E-state index in [4.69, 9.17) is 0 Å². The maximum Gasteiger partial charge on any atom is 0.265 e. The normalized spacial score (nSPS) is 13.8. The third-order valence-electron chi connectivity index (χ3n) is 5.82. The lowest BCUT2D eigenvalue weighted by Crippen LogP contribution is -2.35. The fourth-order valence-electron chi connectivity index (χ4n) is 4.21. The van der Waals surface area contributed by atoms with Crippen LogP contribution in [0.5, 0.6) is 0 Å². The van der Waals surface area contributed by atoms with Gasteiger partial charge in [-0.3, -0.25) is 9.10 Å². The van der Waals surface area contributed by atoms with E-state index in [1.54, 1.807) is 24.3 Å². The van der Waals surface area contributed by atoms with Crippen molar-refractivity contribution in [2.24, 2.45) is 0 Å². The number of hydrogen-bond acceptors (Lipinski definition) is 4. The summed E-state index contributed by atoms with van der Waals surface area (Å²) in [6, 6.07) is 28.3. The molecule has 0 saturated heterocycles. The molecule has 0 radical (unpaired) electrons. The van der Waals surface area contributed by atoms with Crippen molar-refractivity contribution in [3.05, 3.63) is 96.6 Å². The van der Waals surface area contributed by atoms with Crippen LogP contribution >= 0.6 is 0 Å². The van der Waals surface area contributed by atoms with E-state index in [0.717, 1.165) is 17.6 Å². The summed E-state index contributed by atoms with van der Waals surface area (Å²) >= 11 is 0. The van der Waals surface area contributed by atoms with Gasteiger partial charge in [-0.15, -0.1) is 0 Å². The maximum absolute atomic E-state index is 13.1. The Balaban J connectivity index is 1.29. The number of nitrogens with zero attached hydrogens (tertiary/aromatic N) is 2. The monoisotopic (exact) mass is 457 g/mol. The number of nitrogens with one attached hydrogen (secondary N) is 1. The smallest absolute Gasteiger partial charge is 0.265 e. The molecule has 0 saturated carbocycles. The van der Waals surface area contributed by atoms with E-state index in [0.29, 0.717) is 16.8 Å². The minimum Gasteiger partial charge on any atom is -0.370 e. The van der Waals surface area contributed by atoms with Gasteiger partial charge < -0.3 is 10.2 Å². The van der Waals surface area contributed by atoms with Crippen LogP contribution in [0.15, 0.2) is 95.9 Å². The van der Waals surface area contributed by atoms with Crippen LogP contribution in [0.25, 0.3) is 10.8 Å². The average molecular weight is 458 g/mol. The third kappa shape index (κ3) is 3.91. The van der Waals surface area contributed by atoms with E-state index in [1.807, 2.05) is 61.6 Å². The first-order valence-corrected chi connectivity index (χ1v) is 12.1. The summed E-state index contributed by atoms with van der Waals surface area (Å²) in [7, 11) is -1.76. The molecule has 0 aliphatic carbocycles. The van der Waals surface area contributed by atoms with Crippen LogP contribution in [0.3, 0.4) is 0 Å². The number of hydrogen-bond donors (Lipinski definition) is 1. The molecule has 0 aromatic heterocycles. The molecular formula is C26H23N3O3S. The number of benzene rings is 4. The van der Waals surface area contributed by atoms with Crippen LogP contribution in [0.4, 0.5) is 17.1 Å². The Morgan fingerprint density at radius 2 is 1.58 bits per heavy atom. The Kier molecular flexibility index (Phi) is 5.26. The van der Waals surface area contributed by atoms with Crippen molar-refractivity contribution < 1.29 is 13.2 Å². The summed E-state index contributed by atoms with van der Waals surface area (Å²) in [6.45, 7) is 0.483. The van der Waals surface area contributed by atoms with Crippen molar-refractivity contribution in [2.75, 3.05) is 28.1 Å². The maximum atomic E-state index is 13.1. The molecule has 7 heteroatoms. The Morgan fingerprint density at radius 1 is 0.879 bits per heavy atom. The zero-order chi connectivity index (χ0) is 23.0. The second-order valence-corrected chi connectivity index (χ2v) is 9.91. The van der Waals surface area contributed by atoms with Crippen molar-refractivity contribution in [3.8, 4) is 0 Å². The van der Waals surface area contributed by atoms with Crippen LogP contribution in [-0.4, -0.2) is 27.9 Å². The van der Waals surface area contributed by atoms with Crippen LogP contribution in [0.2, 0.25) is 0 Å². The fourth-order valence-corrected chi connectivity index (χ4v) is 5.87. The fraction of sp³-hybridized carbons (Fsp3) is 0.115. The molecule has 1 aliphatic rings. The first kappa shape index (κ1) is 21.0. The molecule has 33 heavy (non-hydrogen) atoms. The molecule has 0 fully saturated rings. The van der Waals surface area contributed by atoms with E-state index < -0.39 is 15.9 Å². The second kappa shape index (κ2) is 8.26. The van der Waals surface area contributed by atoms with Gasteiger partial charge in [0, 0.05) is 30.4 Å². The van der Waals surface area contributed by atoms with Crippen LogP contribution in [-0.2, 0) is 21.4 Å². The van der Waals surface area contributed by atoms with Crippen LogP contribution < -0.4 is 14.5 Å². The van der Waals surface area contributed by atoms with Crippen molar-refractivity contribution in [1.29, 1.82) is 0 Å². The van der Waals surface area contributed by atoms with Gasteiger partial charge in [0.2, 0.25) is 5.91 Å². The predicted octanol–water partition coefficient (Wildman–Crippen LogP) is 4.62. The van der Waals surface area contributed by atoms with Gasteiger partial charge >= 0.3 is 0 Å². The van der Waals surface area contributed by atoms with E-state index in [1.165, 1.54) is 9.87 Å². The molecule has 0 atom stereocenters. The Bertz CT molecular complexity index is 1430. The molecule has 1 amide bonds. The van der Waals surface area contributed by atoms with E-state index in [2.05, 4.69) is 22.3 Å². The lowest BCUT2D eigenvalue weighted by molar-refractivity contribution is -0.114. The number of rotatable bonds is 6. The van der Waals surface area contributed by atoms with Gasteiger partial charge in [0.15, 0.2) is 0 Å². The summed E-state index contributed by atoms with van der Waals surface area (Å²) in [5.74, 6) is -0.395. The van der Waals surface area contributed by atoms with Crippen molar-refractivity contribution in [3.63, 3.8) is 0 Å². The molecule has 0 unspecified atom stereocenters. The molecule has 1 N–H and O–H groups in total. The van der Waals surface area contributed by atoms with Gasteiger partial charge in [-0.1, -0.05) is 54.6 Å². The highest BCUT2D eigenvalue weighted by Gasteiger charge is 2.36. The molecule has 1 heterocycles. The SMILES string of the molecule is CN(Cc1ccccc1)c1ccc(NC(=O)CN2c3cccc4cccc(c34)S2(=O)=O)cc1. The first-order valence-electron chi connectivity index (χ1n) is 10.6. The van der Waals surface area contributed by atoms with Gasteiger partial charge in [0.1, 0.15) is 6.54 Å². The predicted molar refractivity (Wildman–Crippen MR) is 132 cm³/mol. The molecule has 0 bridgehead atoms. The number of anilines is 3. The Labute approximate surface area is 193 Å². The zero-order valence-corrected chi connectivity index (χ0v) is 18.9. The summed E-state index contributed by atoms with van der Waals surface area (Å²) in [6.07, 6.45) is 0. The molecular weight excluding hydrogens is 434 g/mol. The summed E-state index contributed by atoms with van der Waals surface area (Å²) in [5.41, 5.74) is 3.38. The average Bonchev–Trinajstić information content (AvgIpc) is 3.03. The van der Waals surface area contributed by atoms with Crippen LogP contribution in [0.1, 0.15) is 5.56 Å². The molecule has 0 spiro atoms. The number of carbonyl (C=O) groups excluding carboxylic acids is 1. The summed E-state index contributed by atoms with van der Waals surface area (Å²) in [4.78, 5) is 15.1. The van der Waals surface area contributed by atoms with E-state index in [9.17, 15) is 13.2 Å². The highest BCUT2D eigenvalue weighted by Crippen LogP contribution is 2.41. The molecule has 5 rings (SSSR count). The Hall–Kier alpha value is -3.84. The largest absolute Gasteiger partial charge is 0.370 e. The molecule has 1 aliphatic heterocycles. The lowest BCUT2D eigenvalue weighted by Gasteiger charge is -2.20. The van der Waals surface area contributed by atoms with Gasteiger partial charge in [0.05, 0.1) is 10.6 Å². The first-order chi connectivity index (χ1) is 15.9. The Morgan fingerprint density at radius 3 is 2.30 bits per heavy atom. The number of sulfonamides is 1. The van der Waals surface area contributed by atoms with Gasteiger partial charge in [-0.05, 0) is 47.3 Å². The molecule has 4 aromatic rings. The second-order valence-electron chi connectivity index (χ2n) is 8.08. The quantitative estimate of drug-likeness (QED) is 0.459. The van der Waals surface area contributed by atoms with Crippen molar-refractivity contribution in [1.82, 2.24) is 0 Å². The number of carbonyl (C=O) groups is 1. The summed E-state index contributed by atoms with van der Waals surface area (Å²) in [5, 5.41) is 4.32. The number of amides is 1. The lowest BCUT2D eigenvalue weighted by atomic mass is 10.1. The third-order valence-corrected chi connectivity index (χ3v) is 7.62. The molecule has 6 nitrogen and oxygen atoms in total. The van der Waals surface area contributed by atoms with Crippen molar-refractivity contribution in [2.45, 2.75) is 11.4 Å².